The number of hydrogen-bond donors (Lipinski definition) is 2. The van der Waals surface area contributed by atoms with Crippen LogP contribution >= 0.6 is 11.8 Å². The van der Waals surface area contributed by atoms with Crippen molar-refractivity contribution in [1.29, 1.82) is 0 Å². The number of halogens is 1. The second-order valence-electron chi connectivity index (χ2n) is 6.81. The molecule has 31 heavy (non-hydrogen) atoms. The smallest absolute Gasteiger partial charge is 0.255 e. The normalized spacial score (nSPS) is 11.5. The van der Waals surface area contributed by atoms with Crippen molar-refractivity contribution in [3.8, 4) is 11.5 Å². The van der Waals surface area contributed by atoms with E-state index in [2.05, 4.69) is 10.6 Å². The van der Waals surface area contributed by atoms with E-state index in [0.29, 0.717) is 36.6 Å². The number of ether oxygens (including phenoxy) is 2. The van der Waals surface area contributed by atoms with Crippen molar-refractivity contribution < 1.29 is 23.5 Å². The molecule has 0 aliphatic carbocycles. The minimum atomic E-state index is -0.625. The molecule has 0 heterocycles. The van der Waals surface area contributed by atoms with E-state index in [9.17, 15) is 14.0 Å². The Hall–Kier alpha value is -2.74. The molecule has 0 aliphatic heterocycles. The van der Waals surface area contributed by atoms with Crippen LogP contribution < -0.4 is 20.1 Å². The maximum atomic E-state index is 12.9. The third kappa shape index (κ3) is 8.49. The molecule has 2 amide bonds. The molecule has 0 radical (unpaired) electrons. The summed E-state index contributed by atoms with van der Waals surface area (Å²) in [7, 11) is 1.50. The summed E-state index contributed by atoms with van der Waals surface area (Å²) in [6.45, 7) is 0.952. The zero-order valence-corrected chi connectivity index (χ0v) is 18.7. The number of methoxy groups -OCH3 is 1. The van der Waals surface area contributed by atoms with Crippen molar-refractivity contribution in [2.75, 3.05) is 32.3 Å². The van der Waals surface area contributed by atoms with E-state index in [4.69, 9.17) is 9.47 Å². The number of carbonyl (C=O) groups excluding carboxylic acids is 2. The van der Waals surface area contributed by atoms with Crippen LogP contribution in [0.25, 0.3) is 0 Å². The Morgan fingerprint density at radius 1 is 1.10 bits per heavy atom. The zero-order valence-electron chi connectivity index (χ0n) is 17.9. The molecular formula is C23H29FN2O4S. The van der Waals surface area contributed by atoms with Crippen LogP contribution in [0.15, 0.2) is 48.5 Å². The van der Waals surface area contributed by atoms with Crippen molar-refractivity contribution in [2.24, 2.45) is 0 Å². The summed E-state index contributed by atoms with van der Waals surface area (Å²) in [6.07, 6.45) is 3.95. The molecule has 2 aromatic carbocycles. The Morgan fingerprint density at radius 2 is 1.84 bits per heavy atom. The monoisotopic (exact) mass is 448 g/mol. The number of amides is 2. The van der Waals surface area contributed by atoms with Gasteiger partial charge in [0.1, 0.15) is 23.4 Å². The van der Waals surface area contributed by atoms with Crippen LogP contribution in [0.2, 0.25) is 0 Å². The van der Waals surface area contributed by atoms with Crippen LogP contribution in [-0.2, 0) is 4.79 Å². The lowest BCUT2D eigenvalue weighted by molar-refractivity contribution is -0.123. The summed E-state index contributed by atoms with van der Waals surface area (Å²) in [5, 5.41) is 5.71. The maximum Gasteiger partial charge on any atom is 0.255 e. The Morgan fingerprint density at radius 3 is 2.55 bits per heavy atom. The van der Waals surface area contributed by atoms with Gasteiger partial charge in [-0.15, -0.1) is 0 Å². The summed E-state index contributed by atoms with van der Waals surface area (Å²) in [4.78, 5) is 25.3. The van der Waals surface area contributed by atoms with Gasteiger partial charge in [0.15, 0.2) is 0 Å². The lowest BCUT2D eigenvalue weighted by Crippen LogP contribution is -2.47. The Bertz CT molecular complexity index is 833. The topological polar surface area (TPSA) is 76.7 Å². The molecule has 2 rings (SSSR count). The van der Waals surface area contributed by atoms with E-state index in [1.54, 1.807) is 48.2 Å². The highest BCUT2D eigenvalue weighted by Gasteiger charge is 2.22. The first-order chi connectivity index (χ1) is 15.0. The van der Waals surface area contributed by atoms with E-state index in [-0.39, 0.29) is 17.6 Å². The van der Waals surface area contributed by atoms with Gasteiger partial charge in [0.05, 0.1) is 19.3 Å². The predicted octanol–water partition coefficient (Wildman–Crippen LogP) is 3.66. The third-order valence-electron chi connectivity index (χ3n) is 4.54. The van der Waals surface area contributed by atoms with Gasteiger partial charge < -0.3 is 20.1 Å². The Kier molecular flexibility index (Phi) is 10.7. The lowest BCUT2D eigenvalue weighted by Gasteiger charge is -2.19. The third-order valence-corrected chi connectivity index (χ3v) is 5.18. The van der Waals surface area contributed by atoms with Gasteiger partial charge in [-0.2, -0.15) is 11.8 Å². The first-order valence-electron chi connectivity index (χ1n) is 10.1. The molecule has 0 bridgehead atoms. The number of carbonyl (C=O) groups is 2. The molecule has 1 atom stereocenters. The summed E-state index contributed by atoms with van der Waals surface area (Å²) >= 11 is 1.62. The van der Waals surface area contributed by atoms with E-state index >= 15 is 0 Å². The van der Waals surface area contributed by atoms with Crippen molar-refractivity contribution in [2.45, 2.75) is 25.3 Å². The molecule has 1 unspecified atom stereocenters. The predicted molar refractivity (Wildman–Crippen MR) is 121 cm³/mol. The van der Waals surface area contributed by atoms with Crippen LogP contribution in [0.1, 0.15) is 29.6 Å². The standard InChI is InChI=1S/C23H29FN2O4S/c1-29-21-8-4-3-7-19(21)22(27)26-20(13-16-31-2)23(28)25-14-5-6-15-30-18-11-9-17(24)10-12-18/h3-4,7-12,20H,5-6,13-16H2,1-2H3,(H,25,28)(H,26,27). The Balaban J connectivity index is 1.78. The van der Waals surface area contributed by atoms with Crippen LogP contribution in [-0.4, -0.2) is 50.1 Å². The number of rotatable bonds is 13. The molecule has 2 aromatic rings. The van der Waals surface area contributed by atoms with Gasteiger partial charge in [-0.3, -0.25) is 9.59 Å². The van der Waals surface area contributed by atoms with E-state index in [1.165, 1.54) is 19.2 Å². The fraction of sp³-hybridized carbons (Fsp3) is 0.391. The van der Waals surface area contributed by atoms with Crippen LogP contribution in [0.5, 0.6) is 11.5 Å². The first-order valence-corrected chi connectivity index (χ1v) is 11.5. The lowest BCUT2D eigenvalue weighted by atomic mass is 10.1. The molecule has 0 aromatic heterocycles. The van der Waals surface area contributed by atoms with Crippen molar-refractivity contribution >= 4 is 23.6 Å². The van der Waals surface area contributed by atoms with Gasteiger partial charge >= 0.3 is 0 Å². The second-order valence-corrected chi connectivity index (χ2v) is 7.79. The van der Waals surface area contributed by atoms with Gasteiger partial charge in [0.2, 0.25) is 5.91 Å². The molecule has 0 saturated heterocycles. The van der Waals surface area contributed by atoms with Crippen LogP contribution in [0.4, 0.5) is 4.39 Å². The van der Waals surface area contributed by atoms with Gasteiger partial charge in [0, 0.05) is 6.54 Å². The Labute approximate surface area is 186 Å². The molecule has 168 valence electrons. The largest absolute Gasteiger partial charge is 0.496 e. The van der Waals surface area contributed by atoms with Crippen LogP contribution in [0.3, 0.4) is 0 Å². The molecule has 0 saturated carbocycles. The fourth-order valence-electron chi connectivity index (χ4n) is 2.86. The highest BCUT2D eigenvalue weighted by atomic mass is 32.2. The molecule has 8 heteroatoms. The molecule has 0 fully saturated rings. The highest BCUT2D eigenvalue weighted by molar-refractivity contribution is 7.98. The van der Waals surface area contributed by atoms with Gasteiger partial charge in [0.25, 0.3) is 5.91 Å². The summed E-state index contributed by atoms with van der Waals surface area (Å²) in [6, 6.07) is 12.2. The minimum absolute atomic E-state index is 0.211. The van der Waals surface area contributed by atoms with Crippen LogP contribution in [0, 0.1) is 5.82 Å². The average molecular weight is 449 g/mol. The molecule has 2 N–H and O–H groups in total. The average Bonchev–Trinajstić information content (AvgIpc) is 2.79. The van der Waals surface area contributed by atoms with Crippen molar-refractivity contribution in [3.63, 3.8) is 0 Å². The number of para-hydroxylation sites is 1. The van der Waals surface area contributed by atoms with E-state index < -0.39 is 6.04 Å². The van der Waals surface area contributed by atoms with E-state index in [1.807, 2.05) is 6.26 Å². The van der Waals surface area contributed by atoms with E-state index in [0.717, 1.165) is 18.6 Å². The van der Waals surface area contributed by atoms with Gasteiger partial charge in [-0.1, -0.05) is 12.1 Å². The summed E-state index contributed by atoms with van der Waals surface area (Å²) in [5.41, 5.74) is 0.393. The molecular weight excluding hydrogens is 419 g/mol. The summed E-state index contributed by atoms with van der Waals surface area (Å²) < 4.78 is 23.7. The number of thioether (sulfide) groups is 1. The molecule has 0 spiro atoms. The minimum Gasteiger partial charge on any atom is -0.496 e. The number of benzene rings is 2. The highest BCUT2D eigenvalue weighted by Crippen LogP contribution is 2.17. The number of hydrogen-bond acceptors (Lipinski definition) is 5. The quantitative estimate of drug-likeness (QED) is 0.458. The van der Waals surface area contributed by atoms with Gasteiger partial charge in [-0.25, -0.2) is 4.39 Å². The molecule has 0 aliphatic rings. The molecule has 6 nitrogen and oxygen atoms in total. The first kappa shape index (κ1) is 24.5. The number of nitrogens with one attached hydrogen (secondary N) is 2. The fourth-order valence-corrected chi connectivity index (χ4v) is 3.33. The van der Waals surface area contributed by atoms with Gasteiger partial charge in [-0.05, 0) is 67.7 Å². The maximum absolute atomic E-state index is 12.9. The summed E-state index contributed by atoms with van der Waals surface area (Å²) in [5.74, 6) is 0.967. The second kappa shape index (κ2) is 13.5. The zero-order chi connectivity index (χ0) is 22.5. The van der Waals surface area contributed by atoms with Crippen molar-refractivity contribution in [3.05, 3.63) is 59.9 Å². The SMILES string of the molecule is COc1ccccc1C(=O)NC(CCSC)C(=O)NCCCCOc1ccc(F)cc1. The number of unbranched alkanes of at least 4 members (excludes halogenated alkanes) is 1. The van der Waals surface area contributed by atoms with Crippen molar-refractivity contribution in [1.82, 2.24) is 10.6 Å².